The van der Waals surface area contributed by atoms with Gasteiger partial charge in [-0.2, -0.15) is 13.2 Å². The molecule has 0 fully saturated rings. The Morgan fingerprint density at radius 2 is 1.69 bits per heavy atom. The van der Waals surface area contributed by atoms with Gasteiger partial charge < -0.3 is 5.32 Å². The topological polar surface area (TPSA) is 54.9 Å². The summed E-state index contributed by atoms with van der Waals surface area (Å²) < 4.78 is 53.5. The molecule has 9 heteroatoms. The smallest absolute Gasteiger partial charge is 0.323 e. The fraction of sp³-hybridized carbons (Fsp3) is 0.150. The van der Waals surface area contributed by atoms with E-state index < -0.39 is 28.8 Å². The van der Waals surface area contributed by atoms with Crippen molar-refractivity contribution >= 4 is 23.4 Å². The second-order valence-corrected chi connectivity index (χ2v) is 7.32. The standard InChI is InChI=1S/C20H15F4N3OS/c1-12(18(28)25-15-10-6-5-9-14(15)21)29-19-26-16(13-7-3-2-4-8-13)11-17(27-19)20(22,23)24/h2-12H,1H3,(H,25,28)/t12-/m1/s1. The van der Waals surface area contributed by atoms with E-state index in [1.54, 1.807) is 36.4 Å². The van der Waals surface area contributed by atoms with E-state index >= 15 is 0 Å². The molecule has 0 bridgehead atoms. The number of alkyl halides is 3. The average Bonchev–Trinajstić information content (AvgIpc) is 2.69. The molecule has 2 aromatic carbocycles. The molecule has 0 unspecified atom stereocenters. The number of hydrogen-bond donors (Lipinski definition) is 1. The van der Waals surface area contributed by atoms with Crippen LogP contribution >= 0.6 is 11.8 Å². The highest BCUT2D eigenvalue weighted by Gasteiger charge is 2.34. The molecule has 0 saturated heterocycles. The Morgan fingerprint density at radius 1 is 1.03 bits per heavy atom. The maximum absolute atomic E-state index is 13.7. The molecule has 0 spiro atoms. The Kier molecular flexibility index (Phi) is 6.17. The first-order chi connectivity index (χ1) is 13.7. The molecule has 4 nitrogen and oxygen atoms in total. The van der Waals surface area contributed by atoms with E-state index in [-0.39, 0.29) is 16.5 Å². The van der Waals surface area contributed by atoms with Gasteiger partial charge in [-0.3, -0.25) is 4.79 Å². The minimum atomic E-state index is -4.67. The van der Waals surface area contributed by atoms with Gasteiger partial charge in [0.1, 0.15) is 11.5 Å². The van der Waals surface area contributed by atoms with Gasteiger partial charge in [0.2, 0.25) is 5.91 Å². The summed E-state index contributed by atoms with van der Waals surface area (Å²) in [6.07, 6.45) is -4.67. The van der Waals surface area contributed by atoms with E-state index in [0.29, 0.717) is 5.56 Å². The van der Waals surface area contributed by atoms with Crippen LogP contribution in [-0.2, 0) is 11.0 Å². The van der Waals surface area contributed by atoms with Crippen molar-refractivity contribution in [2.75, 3.05) is 5.32 Å². The molecule has 1 aromatic heterocycles. The Bertz CT molecular complexity index is 1010. The van der Waals surface area contributed by atoms with Gasteiger partial charge in [-0.25, -0.2) is 14.4 Å². The van der Waals surface area contributed by atoms with Crippen molar-refractivity contribution in [1.29, 1.82) is 0 Å². The molecule has 0 aliphatic heterocycles. The molecule has 0 saturated carbocycles. The third-order valence-electron chi connectivity index (χ3n) is 3.85. The number of thioether (sulfide) groups is 1. The van der Waals surface area contributed by atoms with Crippen LogP contribution in [0.5, 0.6) is 0 Å². The van der Waals surface area contributed by atoms with Crippen molar-refractivity contribution in [3.63, 3.8) is 0 Å². The number of anilines is 1. The van der Waals surface area contributed by atoms with E-state index in [2.05, 4.69) is 15.3 Å². The van der Waals surface area contributed by atoms with Gasteiger partial charge in [-0.1, -0.05) is 54.2 Å². The number of carbonyl (C=O) groups is 1. The second kappa shape index (κ2) is 8.60. The van der Waals surface area contributed by atoms with Crippen LogP contribution in [-0.4, -0.2) is 21.1 Å². The lowest BCUT2D eigenvalue weighted by atomic mass is 10.1. The number of hydrogen-bond acceptors (Lipinski definition) is 4. The summed E-state index contributed by atoms with van der Waals surface area (Å²) in [5.41, 5.74) is -0.529. The molecule has 150 valence electrons. The highest BCUT2D eigenvalue weighted by Crippen LogP contribution is 2.33. The summed E-state index contributed by atoms with van der Waals surface area (Å²) in [7, 11) is 0. The van der Waals surface area contributed by atoms with Gasteiger partial charge in [-0.05, 0) is 25.1 Å². The summed E-state index contributed by atoms with van der Waals surface area (Å²) >= 11 is 0.759. The van der Waals surface area contributed by atoms with Gasteiger partial charge in [0.15, 0.2) is 5.16 Å². The third kappa shape index (κ3) is 5.32. The molecule has 1 amide bonds. The molecular weight excluding hydrogens is 406 g/mol. The third-order valence-corrected chi connectivity index (χ3v) is 4.81. The van der Waals surface area contributed by atoms with E-state index in [1.165, 1.54) is 25.1 Å². The lowest BCUT2D eigenvalue weighted by molar-refractivity contribution is -0.141. The van der Waals surface area contributed by atoms with Crippen molar-refractivity contribution in [2.45, 2.75) is 23.5 Å². The summed E-state index contributed by atoms with van der Waals surface area (Å²) in [5, 5.41) is 1.35. The van der Waals surface area contributed by atoms with Crippen molar-refractivity contribution in [2.24, 2.45) is 0 Å². The van der Waals surface area contributed by atoms with E-state index in [9.17, 15) is 22.4 Å². The van der Waals surface area contributed by atoms with Crippen LogP contribution in [0, 0.1) is 5.82 Å². The monoisotopic (exact) mass is 421 g/mol. The summed E-state index contributed by atoms with van der Waals surface area (Å²) in [6, 6.07) is 14.8. The molecule has 1 heterocycles. The normalized spacial score (nSPS) is 12.4. The Hall–Kier alpha value is -2.94. The number of nitrogens with zero attached hydrogens (tertiary/aromatic N) is 2. The highest BCUT2D eigenvalue weighted by molar-refractivity contribution is 8.00. The van der Waals surface area contributed by atoms with Crippen LogP contribution in [0.4, 0.5) is 23.2 Å². The van der Waals surface area contributed by atoms with Crippen LogP contribution in [0.1, 0.15) is 12.6 Å². The number of carbonyl (C=O) groups excluding carboxylic acids is 1. The summed E-state index contributed by atoms with van der Waals surface area (Å²) in [4.78, 5) is 20.0. The number of rotatable bonds is 5. The van der Waals surface area contributed by atoms with E-state index in [1.807, 2.05) is 0 Å². The maximum Gasteiger partial charge on any atom is 0.433 e. The van der Waals surface area contributed by atoms with Gasteiger partial charge >= 0.3 is 6.18 Å². The first-order valence-electron chi connectivity index (χ1n) is 8.48. The predicted molar refractivity (Wildman–Crippen MR) is 103 cm³/mol. The fourth-order valence-electron chi connectivity index (χ4n) is 2.39. The van der Waals surface area contributed by atoms with Crippen molar-refractivity contribution in [3.05, 3.63) is 72.2 Å². The van der Waals surface area contributed by atoms with Gasteiger partial charge in [0.05, 0.1) is 16.6 Å². The lowest BCUT2D eigenvalue weighted by Gasteiger charge is -2.14. The van der Waals surface area contributed by atoms with Crippen molar-refractivity contribution < 1.29 is 22.4 Å². The largest absolute Gasteiger partial charge is 0.433 e. The van der Waals surface area contributed by atoms with Crippen LogP contribution in [0.2, 0.25) is 0 Å². The zero-order chi connectivity index (χ0) is 21.0. The molecule has 0 aliphatic rings. The maximum atomic E-state index is 13.7. The number of aromatic nitrogens is 2. The van der Waals surface area contributed by atoms with Crippen molar-refractivity contribution in [1.82, 2.24) is 9.97 Å². The Morgan fingerprint density at radius 3 is 2.34 bits per heavy atom. The summed E-state index contributed by atoms with van der Waals surface area (Å²) in [6.45, 7) is 1.48. The quantitative estimate of drug-likeness (QED) is 0.340. The minimum Gasteiger partial charge on any atom is -0.323 e. The molecule has 3 rings (SSSR count). The Balaban J connectivity index is 1.85. The molecule has 1 N–H and O–H groups in total. The van der Waals surface area contributed by atoms with Crippen LogP contribution in [0.15, 0.2) is 65.8 Å². The molecule has 0 radical (unpaired) electrons. The Labute approximate surface area is 168 Å². The summed E-state index contributed by atoms with van der Waals surface area (Å²) in [5.74, 6) is -1.19. The van der Waals surface area contributed by atoms with Crippen LogP contribution in [0.3, 0.4) is 0 Å². The van der Waals surface area contributed by atoms with E-state index in [0.717, 1.165) is 17.8 Å². The van der Waals surface area contributed by atoms with Gasteiger partial charge in [0, 0.05) is 5.56 Å². The zero-order valence-corrected chi connectivity index (χ0v) is 15.9. The SMILES string of the molecule is C[C@@H](Sc1nc(-c2ccccc2)cc(C(F)(F)F)n1)C(=O)Nc1ccccc1F. The number of nitrogens with one attached hydrogen (secondary N) is 1. The number of amides is 1. The molecular formula is C20H15F4N3OS. The molecule has 0 aliphatic carbocycles. The van der Waals surface area contributed by atoms with Crippen LogP contribution in [0.25, 0.3) is 11.3 Å². The average molecular weight is 421 g/mol. The van der Waals surface area contributed by atoms with Crippen molar-refractivity contribution in [3.8, 4) is 11.3 Å². The predicted octanol–water partition coefficient (Wildman–Crippen LogP) is 5.42. The van der Waals surface area contributed by atoms with Crippen LogP contribution < -0.4 is 5.32 Å². The number of para-hydroxylation sites is 1. The lowest BCUT2D eigenvalue weighted by Crippen LogP contribution is -2.23. The minimum absolute atomic E-state index is 0.0140. The number of benzene rings is 2. The second-order valence-electron chi connectivity index (χ2n) is 6.01. The van der Waals surface area contributed by atoms with Gasteiger partial charge in [0.25, 0.3) is 0 Å². The first-order valence-corrected chi connectivity index (χ1v) is 9.36. The van der Waals surface area contributed by atoms with E-state index in [4.69, 9.17) is 0 Å². The molecule has 29 heavy (non-hydrogen) atoms. The highest BCUT2D eigenvalue weighted by atomic mass is 32.2. The first kappa shape index (κ1) is 20.8. The molecule has 1 atom stereocenters. The van der Waals surface area contributed by atoms with Gasteiger partial charge in [-0.15, -0.1) is 0 Å². The fourth-order valence-corrected chi connectivity index (χ4v) is 3.17. The number of halogens is 4. The molecule has 3 aromatic rings. The zero-order valence-electron chi connectivity index (χ0n) is 15.1.